The van der Waals surface area contributed by atoms with Crippen LogP contribution in [0.15, 0.2) is 0 Å². The van der Waals surface area contributed by atoms with Gasteiger partial charge in [0.1, 0.15) is 6.61 Å². The molecule has 2 aliphatic rings. The van der Waals surface area contributed by atoms with E-state index in [1.165, 1.54) is 12.8 Å². The summed E-state index contributed by atoms with van der Waals surface area (Å²) in [4.78, 5) is 24.7. The standard InChI is InChI=1S/C15H25NO4/c1-11-3-2-4-13(9-11)20-10-14(17)16-7-5-12(6-8-16)15(18)19/h11-13H,2-10H2,1H3,(H,18,19)/t11-,13-/m0/s1. The highest BCUT2D eigenvalue weighted by atomic mass is 16.5. The van der Waals surface area contributed by atoms with E-state index >= 15 is 0 Å². The Kier molecular flexibility index (Phi) is 5.40. The van der Waals surface area contributed by atoms with Gasteiger partial charge < -0.3 is 14.7 Å². The smallest absolute Gasteiger partial charge is 0.306 e. The Balaban J connectivity index is 1.69. The first kappa shape index (κ1) is 15.3. The van der Waals surface area contributed by atoms with Gasteiger partial charge in [0.2, 0.25) is 5.91 Å². The van der Waals surface area contributed by atoms with Gasteiger partial charge in [-0.05, 0) is 31.6 Å². The fourth-order valence-corrected chi connectivity index (χ4v) is 3.19. The Bertz CT molecular complexity index is 350. The molecular formula is C15H25NO4. The summed E-state index contributed by atoms with van der Waals surface area (Å²) in [5, 5.41) is 8.93. The fraction of sp³-hybridized carbons (Fsp3) is 0.867. The molecule has 1 aliphatic heterocycles. The number of ether oxygens (including phenoxy) is 1. The van der Waals surface area contributed by atoms with Gasteiger partial charge in [-0.15, -0.1) is 0 Å². The van der Waals surface area contributed by atoms with Gasteiger partial charge in [-0.1, -0.05) is 19.8 Å². The van der Waals surface area contributed by atoms with E-state index in [0.29, 0.717) is 31.8 Å². The third kappa shape index (κ3) is 4.20. The zero-order valence-corrected chi connectivity index (χ0v) is 12.2. The molecule has 0 radical (unpaired) electrons. The van der Waals surface area contributed by atoms with Crippen molar-refractivity contribution < 1.29 is 19.4 Å². The lowest BCUT2D eigenvalue weighted by molar-refractivity contribution is -0.147. The van der Waals surface area contributed by atoms with Gasteiger partial charge in [-0.2, -0.15) is 0 Å². The third-order valence-corrected chi connectivity index (χ3v) is 4.53. The summed E-state index contributed by atoms with van der Waals surface area (Å²) in [5.41, 5.74) is 0. The summed E-state index contributed by atoms with van der Waals surface area (Å²) in [6.07, 6.45) is 5.88. The van der Waals surface area contributed by atoms with Gasteiger partial charge in [0.05, 0.1) is 12.0 Å². The predicted molar refractivity (Wildman–Crippen MR) is 74.3 cm³/mol. The van der Waals surface area contributed by atoms with Crippen molar-refractivity contribution in [3.05, 3.63) is 0 Å². The van der Waals surface area contributed by atoms with Crippen molar-refractivity contribution >= 4 is 11.9 Å². The lowest BCUT2D eigenvalue weighted by Gasteiger charge is -2.31. The molecule has 1 N–H and O–H groups in total. The molecule has 2 atom stereocenters. The Hall–Kier alpha value is -1.10. The van der Waals surface area contributed by atoms with Crippen molar-refractivity contribution in [1.29, 1.82) is 0 Å². The monoisotopic (exact) mass is 283 g/mol. The van der Waals surface area contributed by atoms with Crippen LogP contribution < -0.4 is 0 Å². The van der Waals surface area contributed by atoms with E-state index in [0.717, 1.165) is 12.8 Å². The van der Waals surface area contributed by atoms with Crippen molar-refractivity contribution in [3.63, 3.8) is 0 Å². The highest BCUT2D eigenvalue weighted by Crippen LogP contribution is 2.25. The quantitative estimate of drug-likeness (QED) is 0.855. The van der Waals surface area contributed by atoms with E-state index in [1.54, 1.807) is 4.90 Å². The van der Waals surface area contributed by atoms with Crippen LogP contribution in [0.2, 0.25) is 0 Å². The van der Waals surface area contributed by atoms with Crippen LogP contribution in [-0.4, -0.2) is 47.7 Å². The molecule has 0 aromatic heterocycles. The van der Waals surface area contributed by atoms with Crippen LogP contribution in [0.1, 0.15) is 45.4 Å². The number of hydrogen-bond acceptors (Lipinski definition) is 3. The van der Waals surface area contributed by atoms with E-state index < -0.39 is 5.97 Å². The maximum absolute atomic E-state index is 12.1. The summed E-state index contributed by atoms with van der Waals surface area (Å²) in [5.74, 6) is -0.342. The number of piperidine rings is 1. The molecule has 2 fully saturated rings. The molecule has 0 aromatic carbocycles. The van der Waals surface area contributed by atoms with Gasteiger partial charge in [0, 0.05) is 13.1 Å². The molecule has 0 bridgehead atoms. The van der Waals surface area contributed by atoms with Gasteiger partial charge in [-0.25, -0.2) is 0 Å². The molecule has 5 nitrogen and oxygen atoms in total. The molecular weight excluding hydrogens is 258 g/mol. The topological polar surface area (TPSA) is 66.8 Å². The lowest BCUT2D eigenvalue weighted by atomic mass is 9.89. The van der Waals surface area contributed by atoms with Crippen LogP contribution in [0.4, 0.5) is 0 Å². The van der Waals surface area contributed by atoms with Crippen molar-refractivity contribution in [2.24, 2.45) is 11.8 Å². The fourth-order valence-electron chi connectivity index (χ4n) is 3.19. The van der Waals surface area contributed by atoms with Gasteiger partial charge in [0.15, 0.2) is 0 Å². The molecule has 1 saturated carbocycles. The van der Waals surface area contributed by atoms with Gasteiger partial charge >= 0.3 is 5.97 Å². The molecule has 1 aliphatic carbocycles. The minimum Gasteiger partial charge on any atom is -0.481 e. The first-order valence-corrected chi connectivity index (χ1v) is 7.68. The van der Waals surface area contributed by atoms with Crippen LogP contribution in [0, 0.1) is 11.8 Å². The molecule has 0 spiro atoms. The number of likely N-dealkylation sites (tertiary alicyclic amines) is 1. The Labute approximate surface area is 120 Å². The Morgan fingerprint density at radius 3 is 2.50 bits per heavy atom. The summed E-state index contributed by atoms with van der Waals surface area (Å²) in [6, 6.07) is 0. The second-order valence-corrected chi connectivity index (χ2v) is 6.20. The number of carboxylic acids is 1. The summed E-state index contributed by atoms with van der Waals surface area (Å²) in [6.45, 7) is 3.46. The average molecular weight is 283 g/mol. The highest BCUT2D eigenvalue weighted by Gasteiger charge is 2.27. The zero-order valence-electron chi connectivity index (χ0n) is 12.2. The number of amides is 1. The zero-order chi connectivity index (χ0) is 14.5. The number of aliphatic carboxylic acids is 1. The normalized spacial score (nSPS) is 28.4. The summed E-state index contributed by atoms with van der Waals surface area (Å²) < 4.78 is 5.74. The molecule has 1 saturated heterocycles. The van der Waals surface area contributed by atoms with Crippen molar-refractivity contribution in [2.75, 3.05) is 19.7 Å². The largest absolute Gasteiger partial charge is 0.481 e. The van der Waals surface area contributed by atoms with Crippen LogP contribution in [0.25, 0.3) is 0 Å². The maximum Gasteiger partial charge on any atom is 0.306 e. The van der Waals surface area contributed by atoms with E-state index in [9.17, 15) is 9.59 Å². The number of hydrogen-bond donors (Lipinski definition) is 1. The second kappa shape index (κ2) is 7.07. The lowest BCUT2D eigenvalue weighted by Crippen LogP contribution is -2.42. The van der Waals surface area contributed by atoms with Gasteiger partial charge in [-0.3, -0.25) is 9.59 Å². The summed E-state index contributed by atoms with van der Waals surface area (Å²) in [7, 11) is 0. The molecule has 1 amide bonds. The minimum atomic E-state index is -0.746. The third-order valence-electron chi connectivity index (χ3n) is 4.53. The molecule has 5 heteroatoms. The average Bonchev–Trinajstić information content (AvgIpc) is 2.45. The van der Waals surface area contributed by atoms with Crippen molar-refractivity contribution in [1.82, 2.24) is 4.90 Å². The van der Waals surface area contributed by atoms with Crippen LogP contribution in [0.3, 0.4) is 0 Å². The van der Waals surface area contributed by atoms with E-state index in [2.05, 4.69) is 6.92 Å². The van der Waals surface area contributed by atoms with Crippen LogP contribution >= 0.6 is 0 Å². The highest BCUT2D eigenvalue weighted by molar-refractivity contribution is 5.78. The molecule has 114 valence electrons. The number of carbonyl (C=O) groups excluding carboxylic acids is 1. The van der Waals surface area contributed by atoms with E-state index in [4.69, 9.17) is 9.84 Å². The molecule has 0 unspecified atom stereocenters. The van der Waals surface area contributed by atoms with E-state index in [1.807, 2.05) is 0 Å². The molecule has 20 heavy (non-hydrogen) atoms. The SMILES string of the molecule is C[C@H]1CCC[C@H](OCC(=O)N2CCC(C(=O)O)CC2)C1. The Morgan fingerprint density at radius 2 is 1.90 bits per heavy atom. The van der Waals surface area contributed by atoms with Crippen LogP contribution in [0.5, 0.6) is 0 Å². The predicted octanol–water partition coefficient (Wildman–Crippen LogP) is 1.90. The van der Waals surface area contributed by atoms with Crippen molar-refractivity contribution in [3.8, 4) is 0 Å². The second-order valence-electron chi connectivity index (χ2n) is 6.20. The number of nitrogens with zero attached hydrogens (tertiary/aromatic N) is 1. The number of rotatable bonds is 4. The molecule has 2 rings (SSSR count). The summed E-state index contributed by atoms with van der Waals surface area (Å²) >= 11 is 0. The van der Waals surface area contributed by atoms with Gasteiger partial charge in [0.25, 0.3) is 0 Å². The van der Waals surface area contributed by atoms with E-state index in [-0.39, 0.29) is 24.5 Å². The number of carboxylic acid groups (broad SMARTS) is 1. The first-order valence-electron chi connectivity index (χ1n) is 7.68. The molecule has 1 heterocycles. The van der Waals surface area contributed by atoms with Crippen LogP contribution in [-0.2, 0) is 14.3 Å². The maximum atomic E-state index is 12.1. The minimum absolute atomic E-state index is 0.00654. The first-order chi connectivity index (χ1) is 9.56. The Morgan fingerprint density at radius 1 is 1.20 bits per heavy atom. The molecule has 0 aromatic rings. The number of carbonyl (C=O) groups is 2. The van der Waals surface area contributed by atoms with Crippen molar-refractivity contribution in [2.45, 2.75) is 51.6 Å².